The highest BCUT2D eigenvalue weighted by atomic mass is 32.1. The van der Waals surface area contributed by atoms with Crippen molar-refractivity contribution in [1.82, 2.24) is 15.2 Å². The molecule has 0 bridgehead atoms. The zero-order valence-corrected chi connectivity index (χ0v) is 24.2. The average molecular weight is 554 g/mol. The third kappa shape index (κ3) is 9.06. The van der Waals surface area contributed by atoms with Gasteiger partial charge in [0, 0.05) is 43.8 Å². The molecule has 0 unspecified atom stereocenters. The van der Waals surface area contributed by atoms with Gasteiger partial charge < -0.3 is 19.7 Å². The topological polar surface area (TPSA) is 115 Å². The Bertz CT molecular complexity index is 939. The van der Waals surface area contributed by atoms with Gasteiger partial charge in [0.25, 0.3) is 5.91 Å². The summed E-state index contributed by atoms with van der Waals surface area (Å²) in [5, 5.41) is 5.21. The smallest absolute Gasteiger partial charge is 0.308 e. The molecule has 1 saturated carbocycles. The van der Waals surface area contributed by atoms with E-state index in [0.717, 1.165) is 0 Å². The van der Waals surface area contributed by atoms with E-state index in [4.69, 9.17) is 9.47 Å². The summed E-state index contributed by atoms with van der Waals surface area (Å²) in [4.78, 5) is 55.9. The lowest BCUT2D eigenvalue weighted by Gasteiger charge is -2.35. The molecule has 3 atom stereocenters. The number of thiazole rings is 1. The number of methoxy groups -OCH3 is 1. The van der Waals surface area contributed by atoms with Gasteiger partial charge in [-0.2, -0.15) is 0 Å². The van der Waals surface area contributed by atoms with E-state index in [1.54, 1.807) is 17.3 Å². The second kappa shape index (κ2) is 15.2. The fraction of sp³-hybridized carbons (Fsp3) is 0.750. The molecule has 1 aromatic heterocycles. The number of hydrogen-bond acceptors (Lipinski definition) is 8. The molecule has 0 radical (unpaired) electrons. The molecule has 1 N–H and O–H groups in total. The molecule has 0 saturated heterocycles. The summed E-state index contributed by atoms with van der Waals surface area (Å²) < 4.78 is 10.5. The molecule has 10 heteroatoms. The molecule has 9 nitrogen and oxygen atoms in total. The summed E-state index contributed by atoms with van der Waals surface area (Å²) >= 11 is 1.27. The van der Waals surface area contributed by atoms with Crippen LogP contribution in [-0.4, -0.2) is 59.9 Å². The molecule has 1 heterocycles. The van der Waals surface area contributed by atoms with Crippen LogP contribution in [0.5, 0.6) is 0 Å². The van der Waals surface area contributed by atoms with E-state index in [1.807, 2.05) is 34.6 Å². The number of nitrogens with one attached hydrogen (secondary N) is 1. The number of nitrogens with zero attached hydrogens (tertiary/aromatic N) is 2. The molecule has 1 fully saturated rings. The average Bonchev–Trinajstić information content (AvgIpc) is 3.35. The zero-order chi connectivity index (χ0) is 27.9. The van der Waals surface area contributed by atoms with Gasteiger partial charge in [-0.05, 0) is 37.5 Å². The number of aromatic nitrogens is 1. The fourth-order valence-electron chi connectivity index (χ4n) is 4.71. The first kappa shape index (κ1) is 33.5. The molecular weight excluding hydrogens is 506 g/mol. The summed E-state index contributed by atoms with van der Waals surface area (Å²) in [5.74, 6) is -0.791. The van der Waals surface area contributed by atoms with Gasteiger partial charge >= 0.3 is 11.9 Å². The van der Waals surface area contributed by atoms with Crippen molar-refractivity contribution in [3.63, 3.8) is 0 Å². The molecule has 216 valence electrons. The van der Waals surface area contributed by atoms with Gasteiger partial charge in [-0.1, -0.05) is 42.0 Å². The van der Waals surface area contributed by atoms with Crippen LogP contribution < -0.4 is 5.32 Å². The SMILES string of the molecule is C.COC(=O)C1CCC(NC(=O)c2csc([C@@H](C[C@H](C(C)C)N(C)C(=O)[C@@H](C)C(C)C)OC(C)=O)n2)CC1. The fourth-order valence-corrected chi connectivity index (χ4v) is 5.54. The van der Waals surface area contributed by atoms with Crippen molar-refractivity contribution in [1.29, 1.82) is 0 Å². The van der Waals surface area contributed by atoms with Crippen LogP contribution in [0.2, 0.25) is 0 Å². The number of hydrogen-bond donors (Lipinski definition) is 1. The molecule has 2 amide bonds. The Hall–Kier alpha value is -2.49. The minimum atomic E-state index is -0.670. The van der Waals surface area contributed by atoms with Crippen molar-refractivity contribution in [2.75, 3.05) is 14.2 Å². The molecule has 1 aliphatic rings. The van der Waals surface area contributed by atoms with E-state index in [1.165, 1.54) is 25.4 Å². The monoisotopic (exact) mass is 553 g/mol. The molecule has 1 aromatic rings. The summed E-state index contributed by atoms with van der Waals surface area (Å²) in [6.45, 7) is 11.4. The van der Waals surface area contributed by atoms with Crippen LogP contribution in [0, 0.1) is 23.7 Å². The van der Waals surface area contributed by atoms with E-state index >= 15 is 0 Å². The minimum absolute atomic E-state index is 0. The molecule has 0 spiro atoms. The van der Waals surface area contributed by atoms with Crippen LogP contribution in [0.25, 0.3) is 0 Å². The maximum atomic E-state index is 13.1. The van der Waals surface area contributed by atoms with Gasteiger partial charge in [0.1, 0.15) is 10.7 Å². The van der Waals surface area contributed by atoms with Crippen molar-refractivity contribution in [2.45, 2.75) is 99.3 Å². The van der Waals surface area contributed by atoms with Crippen LogP contribution in [0.1, 0.15) is 103 Å². The number of rotatable bonds is 11. The van der Waals surface area contributed by atoms with E-state index in [0.29, 0.717) is 37.1 Å². The van der Waals surface area contributed by atoms with Crippen molar-refractivity contribution in [2.24, 2.45) is 23.7 Å². The van der Waals surface area contributed by atoms with Crippen LogP contribution >= 0.6 is 11.3 Å². The minimum Gasteiger partial charge on any atom is -0.469 e. The van der Waals surface area contributed by atoms with Crippen molar-refractivity contribution >= 4 is 35.1 Å². The predicted octanol–water partition coefficient (Wildman–Crippen LogP) is 5.01. The summed E-state index contributed by atoms with van der Waals surface area (Å²) in [5.41, 5.74) is 0.270. The van der Waals surface area contributed by atoms with Crippen LogP contribution in [0.15, 0.2) is 5.38 Å². The number of esters is 2. The largest absolute Gasteiger partial charge is 0.469 e. The van der Waals surface area contributed by atoms with E-state index in [-0.39, 0.29) is 66.7 Å². The van der Waals surface area contributed by atoms with E-state index in [9.17, 15) is 19.2 Å². The Morgan fingerprint density at radius 1 is 1.08 bits per heavy atom. The maximum Gasteiger partial charge on any atom is 0.308 e. The van der Waals surface area contributed by atoms with Crippen molar-refractivity contribution < 1.29 is 28.7 Å². The van der Waals surface area contributed by atoms with Crippen LogP contribution in [0.4, 0.5) is 0 Å². The molecule has 38 heavy (non-hydrogen) atoms. The first-order valence-corrected chi connectivity index (χ1v) is 14.0. The Kier molecular flexibility index (Phi) is 13.4. The third-order valence-corrected chi connectivity index (χ3v) is 8.33. The van der Waals surface area contributed by atoms with Crippen LogP contribution in [-0.2, 0) is 23.9 Å². The Labute approximate surface area is 232 Å². The van der Waals surface area contributed by atoms with Gasteiger partial charge in [0.15, 0.2) is 6.10 Å². The van der Waals surface area contributed by atoms with E-state index in [2.05, 4.69) is 10.3 Å². The van der Waals surface area contributed by atoms with Crippen molar-refractivity contribution in [3.8, 4) is 0 Å². The number of ether oxygens (including phenoxy) is 2. The summed E-state index contributed by atoms with van der Waals surface area (Å²) in [7, 11) is 3.19. The molecule has 2 rings (SSSR count). The predicted molar refractivity (Wildman–Crippen MR) is 149 cm³/mol. The first-order chi connectivity index (χ1) is 17.3. The summed E-state index contributed by atoms with van der Waals surface area (Å²) in [6.07, 6.45) is 2.46. The number of carbonyl (C=O) groups is 4. The van der Waals surface area contributed by atoms with Gasteiger partial charge in [-0.15, -0.1) is 11.3 Å². The molecule has 1 aliphatic carbocycles. The highest BCUT2D eigenvalue weighted by molar-refractivity contribution is 7.09. The van der Waals surface area contributed by atoms with Crippen LogP contribution in [0.3, 0.4) is 0 Å². The van der Waals surface area contributed by atoms with Gasteiger partial charge in [-0.25, -0.2) is 4.98 Å². The third-order valence-electron chi connectivity index (χ3n) is 7.39. The molecule has 0 aliphatic heterocycles. The lowest BCUT2D eigenvalue weighted by molar-refractivity contribution is -0.149. The summed E-state index contributed by atoms with van der Waals surface area (Å²) in [6, 6.07) is -0.208. The first-order valence-electron chi connectivity index (χ1n) is 13.1. The number of amides is 2. The quantitative estimate of drug-likeness (QED) is 0.383. The Morgan fingerprint density at radius 3 is 2.18 bits per heavy atom. The Morgan fingerprint density at radius 2 is 1.68 bits per heavy atom. The highest BCUT2D eigenvalue weighted by Crippen LogP contribution is 2.31. The zero-order valence-electron chi connectivity index (χ0n) is 23.4. The lowest BCUT2D eigenvalue weighted by atomic mass is 9.86. The number of carbonyl (C=O) groups excluding carboxylic acids is 4. The molecule has 0 aromatic carbocycles. The van der Waals surface area contributed by atoms with Gasteiger partial charge in [0.05, 0.1) is 13.0 Å². The van der Waals surface area contributed by atoms with Gasteiger partial charge in [0.2, 0.25) is 5.91 Å². The maximum absolute atomic E-state index is 13.1. The van der Waals surface area contributed by atoms with Gasteiger partial charge in [-0.3, -0.25) is 19.2 Å². The lowest BCUT2D eigenvalue weighted by Crippen LogP contribution is -2.44. The second-order valence-electron chi connectivity index (χ2n) is 10.7. The highest BCUT2D eigenvalue weighted by Gasteiger charge is 2.33. The standard InChI is InChI=1S/C27H43N3O6S.CH4/c1-15(2)17(5)26(33)30(7)22(16(3)4)13-23(36-18(6)31)25-29-21(14-37-25)24(32)28-20-11-9-19(10-12-20)27(34)35-8;/h14-17,19-20,22-23H,9-13H2,1-8H3,(H,28,32);1H4/t17-,19?,20?,22+,23+;/m0./s1. The second-order valence-corrected chi connectivity index (χ2v) is 11.6. The molecular formula is C28H47N3O6S. The van der Waals surface area contributed by atoms with Crippen molar-refractivity contribution in [3.05, 3.63) is 16.1 Å². The van der Waals surface area contributed by atoms with E-state index < -0.39 is 12.1 Å². The normalized spacial score (nSPS) is 19.6. The Balaban J connectivity index is 0.00000722.